The fourth-order valence-corrected chi connectivity index (χ4v) is 6.12. The Morgan fingerprint density at radius 2 is 2.00 bits per heavy atom. The summed E-state index contributed by atoms with van der Waals surface area (Å²) in [4.78, 5) is 2.09. The summed E-state index contributed by atoms with van der Waals surface area (Å²) in [6.07, 6.45) is 1.35. The minimum absolute atomic E-state index is 0.0431. The minimum atomic E-state index is -3.94. The molecule has 0 saturated carbocycles. The van der Waals surface area contributed by atoms with Crippen LogP contribution in [0.3, 0.4) is 0 Å². The van der Waals surface area contributed by atoms with Crippen molar-refractivity contribution in [3.63, 3.8) is 0 Å². The molecule has 0 amide bonds. The lowest BCUT2D eigenvalue weighted by Crippen LogP contribution is -2.42. The summed E-state index contributed by atoms with van der Waals surface area (Å²) in [5.74, 6) is 0. The predicted octanol–water partition coefficient (Wildman–Crippen LogP) is -0.934. The number of ether oxygens (including phenoxy) is 1. The van der Waals surface area contributed by atoms with Crippen LogP contribution in [-0.4, -0.2) is 71.8 Å². The first-order chi connectivity index (χ1) is 10.8. The molecule has 2 aliphatic heterocycles. The molecule has 1 saturated heterocycles. The maximum absolute atomic E-state index is 12.6. The monoisotopic (exact) mass is 380 g/mol. The van der Waals surface area contributed by atoms with Crippen LogP contribution in [0, 0.1) is 0 Å². The zero-order valence-electron chi connectivity index (χ0n) is 12.1. The van der Waals surface area contributed by atoms with E-state index in [1.807, 2.05) is 0 Å². The Morgan fingerprint density at radius 3 is 2.65 bits per heavy atom. The SMILES string of the molecule is NS(=O)(=O)c1cc2c(s1)S(=O)(=O)N(CCN1CCOCC1)N=C2. The van der Waals surface area contributed by atoms with Crippen molar-refractivity contribution in [2.45, 2.75) is 8.42 Å². The van der Waals surface area contributed by atoms with Gasteiger partial charge in [0.25, 0.3) is 10.0 Å². The van der Waals surface area contributed by atoms with E-state index in [9.17, 15) is 16.8 Å². The highest BCUT2D eigenvalue weighted by Gasteiger charge is 2.33. The fourth-order valence-electron chi connectivity index (χ4n) is 2.31. The van der Waals surface area contributed by atoms with Crippen LogP contribution >= 0.6 is 11.3 Å². The molecule has 0 bridgehead atoms. The van der Waals surface area contributed by atoms with Gasteiger partial charge in [0.05, 0.1) is 26.0 Å². The molecule has 0 unspecified atom stereocenters. The van der Waals surface area contributed by atoms with E-state index in [0.717, 1.165) is 17.5 Å². The number of nitrogens with two attached hydrogens (primary N) is 1. The lowest BCUT2D eigenvalue weighted by atomic mass is 10.4. The number of sulfonamides is 2. The zero-order chi connectivity index (χ0) is 16.7. The lowest BCUT2D eigenvalue weighted by Gasteiger charge is -2.29. The molecule has 3 heterocycles. The third-order valence-corrected chi connectivity index (χ3v) is 8.31. The van der Waals surface area contributed by atoms with Crippen LogP contribution in [0.5, 0.6) is 0 Å². The predicted molar refractivity (Wildman–Crippen MR) is 84.4 cm³/mol. The van der Waals surface area contributed by atoms with Gasteiger partial charge in [0.1, 0.15) is 4.21 Å². The van der Waals surface area contributed by atoms with Crippen LogP contribution in [0.25, 0.3) is 0 Å². The van der Waals surface area contributed by atoms with E-state index in [0.29, 0.717) is 31.1 Å². The van der Waals surface area contributed by atoms with Crippen LogP contribution in [0.15, 0.2) is 19.6 Å². The summed E-state index contributed by atoms with van der Waals surface area (Å²) in [5, 5.41) is 9.00. The van der Waals surface area contributed by atoms with Gasteiger partial charge in [0.15, 0.2) is 4.21 Å². The van der Waals surface area contributed by atoms with Crippen LogP contribution in [0.1, 0.15) is 5.56 Å². The number of rotatable bonds is 4. The molecule has 0 aromatic carbocycles. The molecule has 0 atom stereocenters. The number of fused-ring (bicyclic) bond motifs is 1. The van der Waals surface area contributed by atoms with Crippen LogP contribution in [0.4, 0.5) is 0 Å². The standard InChI is InChI=1S/C11H16N4O5S3/c12-22(16,17)10-7-9-8-13-15(23(18,19)11(9)21-10)2-1-14-3-5-20-6-4-14/h7-8H,1-6H2,(H2,12,16,17). The summed E-state index contributed by atoms with van der Waals surface area (Å²) < 4.78 is 53.9. The molecule has 0 radical (unpaired) electrons. The second kappa shape index (κ2) is 6.11. The topological polar surface area (TPSA) is 122 Å². The molecule has 1 aromatic rings. The molecule has 2 N–H and O–H groups in total. The van der Waals surface area contributed by atoms with Gasteiger partial charge < -0.3 is 4.74 Å². The Kier molecular flexibility index (Phi) is 4.46. The molecule has 128 valence electrons. The minimum Gasteiger partial charge on any atom is -0.379 e. The van der Waals surface area contributed by atoms with Gasteiger partial charge in [-0.2, -0.15) is 17.9 Å². The van der Waals surface area contributed by atoms with Gasteiger partial charge in [-0.3, -0.25) is 4.90 Å². The Morgan fingerprint density at radius 1 is 1.30 bits per heavy atom. The molecule has 0 aliphatic carbocycles. The van der Waals surface area contributed by atoms with Gasteiger partial charge in [-0.25, -0.2) is 13.6 Å². The van der Waals surface area contributed by atoms with E-state index < -0.39 is 20.0 Å². The smallest absolute Gasteiger partial charge is 0.289 e. The van der Waals surface area contributed by atoms with Crippen molar-refractivity contribution in [2.75, 3.05) is 39.4 Å². The number of hydrogen-bond donors (Lipinski definition) is 1. The van der Waals surface area contributed by atoms with E-state index in [1.165, 1.54) is 12.3 Å². The van der Waals surface area contributed by atoms with Crippen LogP contribution in [-0.2, 0) is 24.8 Å². The van der Waals surface area contributed by atoms with Crippen molar-refractivity contribution in [1.82, 2.24) is 9.31 Å². The summed E-state index contributed by atoms with van der Waals surface area (Å²) in [6.45, 7) is 3.48. The van der Waals surface area contributed by atoms with Crippen molar-refractivity contribution in [1.29, 1.82) is 0 Å². The maximum Gasteiger partial charge on any atom is 0.289 e. The summed E-state index contributed by atoms with van der Waals surface area (Å²) in [6, 6.07) is 1.23. The molecule has 1 aromatic heterocycles. The van der Waals surface area contributed by atoms with E-state index in [-0.39, 0.29) is 20.5 Å². The Bertz CT molecular complexity index is 824. The van der Waals surface area contributed by atoms with Crippen LogP contribution in [0.2, 0.25) is 0 Å². The number of hydrazone groups is 1. The van der Waals surface area contributed by atoms with Crippen molar-refractivity contribution >= 4 is 37.6 Å². The first kappa shape index (κ1) is 16.8. The van der Waals surface area contributed by atoms with Gasteiger partial charge >= 0.3 is 0 Å². The van der Waals surface area contributed by atoms with Crippen molar-refractivity contribution in [2.24, 2.45) is 10.2 Å². The molecular weight excluding hydrogens is 364 g/mol. The summed E-state index contributed by atoms with van der Waals surface area (Å²) >= 11 is 0.647. The molecule has 1 fully saturated rings. The Labute approximate surface area is 138 Å². The molecule has 12 heteroatoms. The second-order valence-corrected chi connectivity index (χ2v) is 9.98. The van der Waals surface area contributed by atoms with Gasteiger partial charge in [0, 0.05) is 25.2 Å². The zero-order valence-corrected chi connectivity index (χ0v) is 14.5. The van der Waals surface area contributed by atoms with Gasteiger partial charge in [0.2, 0.25) is 10.0 Å². The lowest BCUT2D eigenvalue weighted by molar-refractivity contribution is 0.0363. The molecular formula is C11H16N4O5S3. The number of nitrogens with zero attached hydrogens (tertiary/aromatic N) is 3. The molecule has 3 rings (SSSR count). The third-order valence-electron chi connectivity index (χ3n) is 3.53. The Hall–Kier alpha value is -1.05. The maximum atomic E-state index is 12.6. The van der Waals surface area contributed by atoms with Crippen molar-refractivity contribution in [3.05, 3.63) is 11.6 Å². The van der Waals surface area contributed by atoms with Crippen LogP contribution < -0.4 is 5.14 Å². The second-order valence-electron chi connectivity index (χ2n) is 5.10. The number of primary sulfonamides is 1. The number of hydrogen-bond acceptors (Lipinski definition) is 8. The van der Waals surface area contributed by atoms with E-state index >= 15 is 0 Å². The quantitative estimate of drug-likeness (QED) is 0.720. The number of thiophene rings is 1. The number of morpholine rings is 1. The molecule has 23 heavy (non-hydrogen) atoms. The highest BCUT2D eigenvalue weighted by atomic mass is 32.3. The average Bonchev–Trinajstić information content (AvgIpc) is 2.93. The summed E-state index contributed by atoms with van der Waals surface area (Å²) in [5.41, 5.74) is 0.252. The van der Waals surface area contributed by atoms with Gasteiger partial charge in [-0.15, -0.1) is 11.3 Å². The van der Waals surface area contributed by atoms with Crippen molar-refractivity contribution < 1.29 is 21.6 Å². The van der Waals surface area contributed by atoms with Gasteiger partial charge in [-0.05, 0) is 6.07 Å². The van der Waals surface area contributed by atoms with Crippen molar-refractivity contribution in [3.8, 4) is 0 Å². The highest BCUT2D eigenvalue weighted by Crippen LogP contribution is 2.33. The molecule has 2 aliphatic rings. The third kappa shape index (κ3) is 3.41. The van der Waals surface area contributed by atoms with Gasteiger partial charge in [-0.1, -0.05) is 0 Å². The molecule has 0 spiro atoms. The average molecular weight is 380 g/mol. The largest absolute Gasteiger partial charge is 0.379 e. The first-order valence-corrected chi connectivity index (χ1v) is 10.6. The van der Waals surface area contributed by atoms with E-state index in [2.05, 4.69) is 10.0 Å². The Balaban J connectivity index is 1.79. The normalized spacial score (nSPS) is 21.3. The first-order valence-electron chi connectivity index (χ1n) is 6.82. The summed E-state index contributed by atoms with van der Waals surface area (Å²) in [7, 11) is -7.79. The highest BCUT2D eigenvalue weighted by molar-refractivity contribution is 7.94. The molecule has 9 nitrogen and oxygen atoms in total. The fraction of sp³-hybridized carbons (Fsp3) is 0.545. The van der Waals surface area contributed by atoms with E-state index in [4.69, 9.17) is 9.88 Å². The van der Waals surface area contributed by atoms with E-state index in [1.54, 1.807) is 0 Å².